The molecule has 5 nitrogen and oxygen atoms in total. The number of nitrogens with one attached hydrogen (secondary N) is 1. The van der Waals surface area contributed by atoms with Crippen molar-refractivity contribution in [3.05, 3.63) is 82.9 Å². The van der Waals surface area contributed by atoms with Gasteiger partial charge in [0.15, 0.2) is 21.5 Å². The number of anilines is 1. The molecule has 3 aliphatic carbocycles. The van der Waals surface area contributed by atoms with Crippen LogP contribution >= 0.6 is 11.6 Å². The summed E-state index contributed by atoms with van der Waals surface area (Å²) in [5, 5.41) is 12.3. The summed E-state index contributed by atoms with van der Waals surface area (Å²) in [4.78, 5) is 13.2. The van der Waals surface area contributed by atoms with Gasteiger partial charge in [-0.3, -0.25) is 4.79 Å². The Morgan fingerprint density at radius 3 is 2.28 bits per heavy atom. The monoisotopic (exact) mass is 531 g/mol. The van der Waals surface area contributed by atoms with Crippen molar-refractivity contribution < 1.29 is 27.1 Å². The van der Waals surface area contributed by atoms with Gasteiger partial charge in [0.1, 0.15) is 0 Å². The van der Waals surface area contributed by atoms with Crippen LogP contribution in [0.25, 0.3) is 11.1 Å². The van der Waals surface area contributed by atoms with Gasteiger partial charge in [-0.1, -0.05) is 41.9 Å². The standard InChI is InChI=1S/C27H24ClF2NO4S/c1-27(33)16-9-17(27)11-19(10-16)36(34,35)25-14-21(20(13-22(25)28)15-5-3-2-4-6-15)26(32)31-18-7-8-23(29)24(30)12-18/h2-8,12-14,16-17,19,33H,9-11H2,1H3,(H,31,32). The van der Waals surface area contributed by atoms with Crippen molar-refractivity contribution in [1.29, 1.82) is 0 Å². The molecule has 2 unspecified atom stereocenters. The highest BCUT2D eigenvalue weighted by molar-refractivity contribution is 7.92. The number of sulfone groups is 1. The quantitative estimate of drug-likeness (QED) is 0.432. The fraction of sp³-hybridized carbons (Fsp3) is 0.296. The molecule has 3 aromatic rings. The molecule has 0 radical (unpaired) electrons. The second-order valence-corrected chi connectivity index (χ2v) is 12.4. The van der Waals surface area contributed by atoms with Crippen LogP contribution in [0.1, 0.15) is 36.5 Å². The van der Waals surface area contributed by atoms with Crippen molar-refractivity contribution in [3.63, 3.8) is 0 Å². The largest absolute Gasteiger partial charge is 0.390 e. The van der Waals surface area contributed by atoms with E-state index in [1.807, 2.05) is 0 Å². The summed E-state index contributed by atoms with van der Waals surface area (Å²) in [6.45, 7) is 1.75. The molecule has 6 rings (SSSR count). The average molecular weight is 532 g/mol. The minimum Gasteiger partial charge on any atom is -0.390 e. The average Bonchev–Trinajstić information content (AvgIpc) is 2.86. The number of hydrogen-bond acceptors (Lipinski definition) is 4. The first-order chi connectivity index (χ1) is 17.0. The Morgan fingerprint density at radius 1 is 1.00 bits per heavy atom. The van der Waals surface area contributed by atoms with Crippen molar-refractivity contribution in [1.82, 2.24) is 0 Å². The lowest BCUT2D eigenvalue weighted by Crippen LogP contribution is -2.60. The van der Waals surface area contributed by atoms with Crippen LogP contribution < -0.4 is 5.32 Å². The molecule has 3 aliphatic rings. The lowest BCUT2D eigenvalue weighted by atomic mass is 9.54. The third kappa shape index (κ3) is 4.21. The summed E-state index contributed by atoms with van der Waals surface area (Å²) < 4.78 is 54.4. The highest BCUT2D eigenvalue weighted by Gasteiger charge is 2.57. The zero-order valence-electron chi connectivity index (χ0n) is 19.3. The lowest BCUT2D eigenvalue weighted by molar-refractivity contribution is -0.162. The van der Waals surface area contributed by atoms with Crippen LogP contribution in [0, 0.1) is 23.5 Å². The summed E-state index contributed by atoms with van der Waals surface area (Å²) in [7, 11) is -3.92. The summed E-state index contributed by atoms with van der Waals surface area (Å²) in [5.41, 5.74) is 0.221. The molecule has 188 valence electrons. The van der Waals surface area contributed by atoms with Crippen molar-refractivity contribution in [2.45, 2.75) is 41.9 Å². The van der Waals surface area contributed by atoms with E-state index in [4.69, 9.17) is 11.6 Å². The summed E-state index contributed by atoms with van der Waals surface area (Å²) >= 11 is 6.51. The molecule has 3 saturated carbocycles. The summed E-state index contributed by atoms with van der Waals surface area (Å²) in [6, 6.07) is 14.5. The Morgan fingerprint density at radius 2 is 1.67 bits per heavy atom. The predicted octanol–water partition coefficient (Wildman–Crippen LogP) is 5.86. The molecule has 2 atom stereocenters. The Labute approximate surface area is 213 Å². The number of carbonyl (C=O) groups excluding carboxylic acids is 1. The van der Waals surface area contributed by atoms with E-state index >= 15 is 0 Å². The van der Waals surface area contributed by atoms with Gasteiger partial charge in [0.2, 0.25) is 0 Å². The number of rotatable bonds is 5. The van der Waals surface area contributed by atoms with Gasteiger partial charge in [0, 0.05) is 17.3 Å². The van der Waals surface area contributed by atoms with Crippen molar-refractivity contribution in [2.75, 3.05) is 5.32 Å². The minimum atomic E-state index is -3.92. The van der Waals surface area contributed by atoms with Gasteiger partial charge in [-0.05, 0) is 73.4 Å². The molecule has 3 aromatic carbocycles. The minimum absolute atomic E-state index is 0.00997. The zero-order chi connectivity index (χ0) is 25.8. The molecule has 0 spiro atoms. The fourth-order valence-electron chi connectivity index (χ4n) is 5.42. The molecule has 2 N–H and O–H groups in total. The SMILES string of the molecule is CC1(O)C2CC1CC(S(=O)(=O)c1cc(C(=O)Nc3ccc(F)c(F)c3)c(-c3ccccc3)cc1Cl)C2. The van der Waals surface area contributed by atoms with Crippen LogP contribution in [0.2, 0.25) is 5.02 Å². The first-order valence-corrected chi connectivity index (χ1v) is 13.5. The van der Waals surface area contributed by atoms with Gasteiger partial charge in [0.25, 0.3) is 5.91 Å². The van der Waals surface area contributed by atoms with Crippen molar-refractivity contribution >= 4 is 33.0 Å². The molecular weight excluding hydrogens is 508 g/mol. The first-order valence-electron chi connectivity index (χ1n) is 11.6. The summed E-state index contributed by atoms with van der Waals surface area (Å²) in [6.07, 6.45) is 1.43. The highest BCUT2D eigenvalue weighted by atomic mass is 35.5. The molecule has 2 bridgehead atoms. The van der Waals surface area contributed by atoms with Crippen molar-refractivity contribution in [2.24, 2.45) is 11.8 Å². The van der Waals surface area contributed by atoms with E-state index in [0.29, 0.717) is 24.0 Å². The van der Waals surface area contributed by atoms with Crippen LogP contribution in [-0.4, -0.2) is 30.3 Å². The van der Waals surface area contributed by atoms with Crippen molar-refractivity contribution in [3.8, 4) is 11.1 Å². The van der Waals surface area contributed by atoms with E-state index in [0.717, 1.165) is 18.6 Å². The predicted molar refractivity (Wildman–Crippen MR) is 134 cm³/mol. The molecule has 3 fully saturated rings. The normalized spacial score (nSPS) is 25.2. The lowest BCUT2D eigenvalue weighted by Gasteiger charge is -2.56. The van der Waals surface area contributed by atoms with E-state index in [2.05, 4.69) is 5.32 Å². The molecule has 36 heavy (non-hydrogen) atoms. The third-order valence-electron chi connectivity index (χ3n) is 7.64. The zero-order valence-corrected chi connectivity index (χ0v) is 20.9. The maximum atomic E-state index is 13.7. The highest BCUT2D eigenvalue weighted by Crippen LogP contribution is 2.55. The molecular formula is C27H24ClF2NO4S. The van der Waals surface area contributed by atoms with Crippen LogP contribution in [-0.2, 0) is 9.84 Å². The maximum absolute atomic E-state index is 13.7. The number of hydrogen-bond donors (Lipinski definition) is 2. The van der Waals surface area contributed by atoms with Gasteiger partial charge >= 0.3 is 0 Å². The van der Waals surface area contributed by atoms with Crippen LogP contribution in [0.5, 0.6) is 0 Å². The molecule has 0 aromatic heterocycles. The van der Waals surface area contributed by atoms with Gasteiger partial charge in [0.05, 0.1) is 20.8 Å². The molecule has 0 heterocycles. The van der Waals surface area contributed by atoms with Gasteiger partial charge < -0.3 is 10.4 Å². The number of amides is 1. The topological polar surface area (TPSA) is 83.5 Å². The van der Waals surface area contributed by atoms with E-state index in [-0.39, 0.29) is 33.0 Å². The van der Waals surface area contributed by atoms with Crippen LogP contribution in [0.15, 0.2) is 65.6 Å². The van der Waals surface area contributed by atoms with Gasteiger partial charge in [-0.25, -0.2) is 17.2 Å². The molecule has 0 saturated heterocycles. The fourth-order valence-corrected chi connectivity index (χ4v) is 7.84. The molecule has 1 amide bonds. The number of fused-ring (bicyclic) bond motifs is 2. The molecule has 9 heteroatoms. The third-order valence-corrected chi connectivity index (χ3v) is 10.3. The maximum Gasteiger partial charge on any atom is 0.256 e. The van der Waals surface area contributed by atoms with E-state index < -0.39 is 38.2 Å². The Kier molecular flexibility index (Phi) is 6.17. The van der Waals surface area contributed by atoms with Crippen LogP contribution in [0.4, 0.5) is 14.5 Å². The number of halogens is 3. The smallest absolute Gasteiger partial charge is 0.256 e. The number of benzene rings is 3. The number of aliphatic hydroxyl groups is 1. The second kappa shape index (κ2) is 8.94. The number of carbonyl (C=O) groups is 1. The summed E-state index contributed by atoms with van der Waals surface area (Å²) in [5.74, 6) is -3.07. The molecule has 0 aliphatic heterocycles. The Bertz CT molecular complexity index is 1450. The van der Waals surface area contributed by atoms with Crippen LogP contribution in [0.3, 0.4) is 0 Å². The second-order valence-electron chi connectivity index (χ2n) is 9.77. The van der Waals surface area contributed by atoms with E-state index in [9.17, 15) is 27.1 Å². The first kappa shape index (κ1) is 24.9. The Hall–Kier alpha value is -2.81. The van der Waals surface area contributed by atoms with Gasteiger partial charge in [-0.2, -0.15) is 0 Å². The van der Waals surface area contributed by atoms with E-state index in [1.165, 1.54) is 18.2 Å². The van der Waals surface area contributed by atoms with E-state index in [1.54, 1.807) is 37.3 Å². The van der Waals surface area contributed by atoms with Gasteiger partial charge in [-0.15, -0.1) is 0 Å². The Balaban J connectivity index is 1.56.